The van der Waals surface area contributed by atoms with Gasteiger partial charge in [-0.1, -0.05) is 39.8 Å². The molecule has 8 heteroatoms. The largest absolute Gasteiger partial charge is 0.265 e. The van der Waals surface area contributed by atoms with Crippen molar-refractivity contribution < 1.29 is 12.8 Å². The minimum absolute atomic E-state index is 0.239. The second kappa shape index (κ2) is 7.25. The molecular formula is C16H14BrFN2O2S2. The summed E-state index contributed by atoms with van der Waals surface area (Å²) in [5.41, 5.74) is 0.914. The molecule has 1 aliphatic rings. The van der Waals surface area contributed by atoms with Crippen LogP contribution in [0.1, 0.15) is 5.56 Å². The van der Waals surface area contributed by atoms with Crippen LogP contribution in [0.5, 0.6) is 0 Å². The third-order valence-corrected chi connectivity index (χ3v) is 6.98. The maximum Gasteiger partial charge on any atom is 0.265 e. The number of hydrogen-bond donors (Lipinski definition) is 0. The van der Waals surface area contributed by atoms with Gasteiger partial charge in [0.25, 0.3) is 10.0 Å². The zero-order valence-electron chi connectivity index (χ0n) is 12.5. The highest BCUT2D eigenvalue weighted by Gasteiger charge is 2.30. The summed E-state index contributed by atoms with van der Waals surface area (Å²) in [4.78, 5) is 4.54. The van der Waals surface area contributed by atoms with Crippen molar-refractivity contribution in [3.05, 3.63) is 64.4 Å². The first-order valence-electron chi connectivity index (χ1n) is 7.17. The van der Waals surface area contributed by atoms with E-state index in [1.807, 2.05) is 0 Å². The van der Waals surface area contributed by atoms with Gasteiger partial charge in [0.15, 0.2) is 5.17 Å². The van der Waals surface area contributed by atoms with E-state index in [1.54, 1.807) is 36.4 Å². The Morgan fingerprint density at radius 3 is 2.46 bits per heavy atom. The van der Waals surface area contributed by atoms with E-state index in [1.165, 1.54) is 28.2 Å². The Morgan fingerprint density at radius 2 is 1.79 bits per heavy atom. The Bertz CT molecular complexity index is 853. The van der Waals surface area contributed by atoms with Gasteiger partial charge in [-0.25, -0.2) is 17.1 Å². The molecule has 2 aromatic rings. The predicted octanol–water partition coefficient (Wildman–Crippen LogP) is 3.88. The van der Waals surface area contributed by atoms with Crippen LogP contribution in [-0.2, 0) is 15.8 Å². The van der Waals surface area contributed by atoms with E-state index in [9.17, 15) is 12.8 Å². The molecule has 2 aromatic carbocycles. The van der Waals surface area contributed by atoms with Gasteiger partial charge in [-0.15, -0.1) is 0 Å². The van der Waals surface area contributed by atoms with E-state index >= 15 is 0 Å². The molecule has 24 heavy (non-hydrogen) atoms. The van der Waals surface area contributed by atoms with Crippen LogP contribution in [-0.4, -0.2) is 31.0 Å². The quantitative estimate of drug-likeness (QED) is 0.741. The van der Waals surface area contributed by atoms with E-state index < -0.39 is 10.0 Å². The average molecular weight is 429 g/mol. The molecular weight excluding hydrogens is 415 g/mol. The van der Waals surface area contributed by atoms with Gasteiger partial charge in [0.1, 0.15) is 5.82 Å². The van der Waals surface area contributed by atoms with Crippen LogP contribution in [0.25, 0.3) is 0 Å². The van der Waals surface area contributed by atoms with Gasteiger partial charge in [-0.2, -0.15) is 0 Å². The number of aliphatic imine (C=N–C) groups is 1. The molecule has 1 aliphatic heterocycles. The lowest BCUT2D eigenvalue weighted by Gasteiger charge is -2.20. The Labute approximate surface area is 153 Å². The molecule has 0 atom stereocenters. The van der Waals surface area contributed by atoms with Crippen molar-refractivity contribution >= 4 is 42.9 Å². The fraction of sp³-hybridized carbons (Fsp3) is 0.188. The Hall–Kier alpha value is -1.38. The summed E-state index contributed by atoms with van der Waals surface area (Å²) in [5, 5.41) is 0.474. The fourth-order valence-corrected chi connectivity index (χ4v) is 5.16. The summed E-state index contributed by atoms with van der Waals surface area (Å²) in [5.74, 6) is 0.243. The van der Waals surface area contributed by atoms with E-state index in [-0.39, 0.29) is 10.7 Å². The second-order valence-corrected chi connectivity index (χ2v) is 8.83. The SMILES string of the molecule is O=S(=O)(c1ccc(Br)cc1)N1CCN=C1SCc1ccc(F)cc1. The fourth-order valence-electron chi connectivity index (χ4n) is 2.21. The number of thioether (sulfide) groups is 1. The molecule has 0 unspecified atom stereocenters. The molecule has 0 aromatic heterocycles. The van der Waals surface area contributed by atoms with Gasteiger partial charge in [-0.05, 0) is 42.0 Å². The summed E-state index contributed by atoms with van der Waals surface area (Å²) in [6, 6.07) is 12.7. The summed E-state index contributed by atoms with van der Waals surface area (Å²) in [6.07, 6.45) is 0. The zero-order chi connectivity index (χ0) is 17.2. The average Bonchev–Trinajstić information content (AvgIpc) is 3.04. The minimum atomic E-state index is -3.61. The molecule has 0 spiro atoms. The Kier molecular flexibility index (Phi) is 5.27. The number of halogens is 2. The molecule has 1 heterocycles. The van der Waals surface area contributed by atoms with Crippen molar-refractivity contribution in [3.63, 3.8) is 0 Å². The Balaban J connectivity index is 1.75. The maximum absolute atomic E-state index is 12.9. The molecule has 0 saturated carbocycles. The summed E-state index contributed by atoms with van der Waals surface area (Å²) in [7, 11) is -3.61. The van der Waals surface area contributed by atoms with Crippen molar-refractivity contribution in [2.45, 2.75) is 10.6 Å². The highest BCUT2D eigenvalue weighted by Crippen LogP contribution is 2.26. The topological polar surface area (TPSA) is 49.7 Å². The number of amidine groups is 1. The number of hydrogen-bond acceptors (Lipinski definition) is 4. The second-order valence-electron chi connectivity index (χ2n) is 5.11. The maximum atomic E-state index is 12.9. The number of benzene rings is 2. The molecule has 0 radical (unpaired) electrons. The minimum Gasteiger partial charge on any atom is -0.260 e. The van der Waals surface area contributed by atoms with Gasteiger partial charge in [0.05, 0.1) is 18.0 Å². The Morgan fingerprint density at radius 1 is 1.12 bits per heavy atom. The van der Waals surface area contributed by atoms with Crippen LogP contribution in [0.4, 0.5) is 4.39 Å². The number of nitrogens with zero attached hydrogens (tertiary/aromatic N) is 2. The molecule has 0 bridgehead atoms. The predicted molar refractivity (Wildman–Crippen MR) is 98.0 cm³/mol. The van der Waals surface area contributed by atoms with E-state index in [2.05, 4.69) is 20.9 Å². The summed E-state index contributed by atoms with van der Waals surface area (Å²) in [6.45, 7) is 0.783. The highest BCUT2D eigenvalue weighted by atomic mass is 79.9. The molecule has 126 valence electrons. The molecule has 3 rings (SSSR count). The number of sulfonamides is 1. The molecule has 0 fully saturated rings. The van der Waals surface area contributed by atoms with E-state index in [0.717, 1.165) is 10.0 Å². The van der Waals surface area contributed by atoms with Crippen LogP contribution in [0.2, 0.25) is 0 Å². The first-order chi connectivity index (χ1) is 11.5. The summed E-state index contributed by atoms with van der Waals surface area (Å²) >= 11 is 4.64. The standard InChI is InChI=1S/C16H14BrFN2O2S2/c17-13-3-7-15(8-4-13)24(21,22)20-10-9-19-16(20)23-11-12-1-5-14(18)6-2-12/h1-8H,9-11H2. The number of rotatable bonds is 4. The molecule has 0 N–H and O–H groups in total. The molecule has 4 nitrogen and oxygen atoms in total. The first-order valence-corrected chi connectivity index (χ1v) is 10.4. The summed E-state index contributed by atoms with van der Waals surface area (Å²) < 4.78 is 40.7. The van der Waals surface area contributed by atoms with Crippen molar-refractivity contribution in [1.82, 2.24) is 4.31 Å². The van der Waals surface area contributed by atoms with Gasteiger partial charge >= 0.3 is 0 Å². The van der Waals surface area contributed by atoms with Gasteiger partial charge in [0, 0.05) is 10.2 Å². The van der Waals surface area contributed by atoms with Gasteiger partial charge < -0.3 is 0 Å². The lowest BCUT2D eigenvalue weighted by atomic mass is 10.2. The molecule has 0 amide bonds. The third kappa shape index (κ3) is 3.81. The third-order valence-electron chi connectivity index (χ3n) is 3.45. The van der Waals surface area contributed by atoms with Crippen molar-refractivity contribution in [3.8, 4) is 0 Å². The van der Waals surface area contributed by atoms with Crippen LogP contribution in [0.15, 0.2) is 62.9 Å². The lowest BCUT2D eigenvalue weighted by molar-refractivity contribution is 0.540. The van der Waals surface area contributed by atoms with Gasteiger partial charge in [0.2, 0.25) is 0 Å². The van der Waals surface area contributed by atoms with Crippen molar-refractivity contribution in [2.75, 3.05) is 13.1 Å². The lowest BCUT2D eigenvalue weighted by Crippen LogP contribution is -2.32. The zero-order valence-corrected chi connectivity index (χ0v) is 15.7. The van der Waals surface area contributed by atoms with Crippen LogP contribution >= 0.6 is 27.7 Å². The van der Waals surface area contributed by atoms with Crippen LogP contribution in [0, 0.1) is 5.82 Å². The monoisotopic (exact) mass is 428 g/mol. The first kappa shape index (κ1) is 17.4. The van der Waals surface area contributed by atoms with Crippen molar-refractivity contribution in [1.29, 1.82) is 0 Å². The molecule has 0 aliphatic carbocycles. The van der Waals surface area contributed by atoms with Crippen LogP contribution < -0.4 is 0 Å². The molecule has 0 saturated heterocycles. The van der Waals surface area contributed by atoms with E-state index in [4.69, 9.17) is 0 Å². The van der Waals surface area contributed by atoms with E-state index in [0.29, 0.717) is 24.0 Å². The van der Waals surface area contributed by atoms with Gasteiger partial charge in [-0.3, -0.25) is 4.99 Å². The van der Waals surface area contributed by atoms with Crippen LogP contribution in [0.3, 0.4) is 0 Å². The smallest absolute Gasteiger partial charge is 0.260 e. The normalized spacial score (nSPS) is 14.8. The van der Waals surface area contributed by atoms with Crippen molar-refractivity contribution in [2.24, 2.45) is 4.99 Å². The highest BCUT2D eigenvalue weighted by molar-refractivity contribution is 9.10.